The first-order valence-corrected chi connectivity index (χ1v) is 42.7. The molecule has 0 heterocycles. The second-order valence-corrected chi connectivity index (χ2v) is 31.7. The van der Waals surface area contributed by atoms with Gasteiger partial charge in [0.15, 0.2) is 0 Å². The molecule has 5 aromatic carbocycles. The van der Waals surface area contributed by atoms with Gasteiger partial charge in [-0.05, 0) is 103 Å². The molecule has 0 aliphatic heterocycles. The number of rotatable bonds is 58. The van der Waals surface area contributed by atoms with Crippen molar-refractivity contribution in [2.45, 2.75) is 221 Å². The minimum Gasteiger partial charge on any atom is -0.508 e. The molecule has 0 saturated carbocycles. The smallest absolute Gasteiger partial charge is 0.326 e. The predicted octanol–water partition coefficient (Wildman–Crippen LogP) is -1.67. The van der Waals surface area contributed by atoms with Gasteiger partial charge in [0.05, 0.1) is 18.9 Å². The Bertz CT molecular complexity index is 4700. The number of hydrogen-bond acceptors (Lipinski definition) is 23. The maximum absolute atomic E-state index is 15.2. The molecular formula is C88H116N16O25S. The Balaban J connectivity index is 1.43. The third kappa shape index (κ3) is 38.0. The van der Waals surface area contributed by atoms with Gasteiger partial charge < -0.3 is 117 Å². The van der Waals surface area contributed by atoms with E-state index >= 15 is 14.4 Å². The molecule has 41 nitrogen and oxygen atoms in total. The Morgan fingerprint density at radius 3 is 0.977 bits per heavy atom. The highest BCUT2D eigenvalue weighted by Gasteiger charge is 2.40. The molecule has 0 fully saturated rings. The molecule has 0 aliphatic rings. The number of carboxylic acid groups (broad SMARTS) is 5. The summed E-state index contributed by atoms with van der Waals surface area (Å²) in [7, 11) is 0. The van der Waals surface area contributed by atoms with E-state index < -0.39 is 260 Å². The number of thiol groups is 1. The average Bonchev–Trinajstić information content (AvgIpc) is 0.842. The molecule has 0 radical (unpaired) electrons. The molecule has 0 aliphatic carbocycles. The molecule has 15 atom stereocenters. The van der Waals surface area contributed by atoms with Crippen LogP contribution in [0.1, 0.15) is 133 Å². The molecule has 5 aromatic rings. The van der Waals surface area contributed by atoms with Crippen molar-refractivity contribution in [3.8, 4) is 5.75 Å². The van der Waals surface area contributed by atoms with Crippen molar-refractivity contribution >= 4 is 125 Å². The number of unbranched alkanes of at least 4 members (excludes halogenated alkanes) is 1. The zero-order valence-corrected chi connectivity index (χ0v) is 73.0. The van der Waals surface area contributed by atoms with Gasteiger partial charge in [-0.2, -0.15) is 12.6 Å². The van der Waals surface area contributed by atoms with Gasteiger partial charge in [-0.1, -0.05) is 168 Å². The maximum Gasteiger partial charge on any atom is 0.326 e. The average molecular weight is 1830 g/mol. The SMILES string of the molecule is CC[C@H](C)[C@H](NC(=O)[C@H](Cc1ccc(O)cc1)NC(=O)[C@@H](N)Cc1ccccc1)C(=O)N[C@@H](CS)C(=O)N[C@@H](Cc1ccccc1)C(=O)N[C@H](C(=O)N[C@@H](Cc1ccccc1)C(=O)N[C@@H](Cc1ccccc1)C(=O)N[C@@H](CCC(N)=O)C(=O)N[C@@H](CCCCN)C(=O)N[C@@H](CCC(=O)O)C(=O)N[C@@H](CCC(=O)O)C(=O)N[C@@H](CC(=O)O)C(=O)N[C@@H](CC(=O)O)C(=O)O)C(C)C. The number of aliphatic carboxylic acids is 5. The number of benzene rings is 5. The van der Waals surface area contributed by atoms with E-state index in [1.807, 2.05) is 5.32 Å². The first kappa shape index (κ1) is 107. The minimum atomic E-state index is -2.21. The number of nitrogens with one attached hydrogen (secondary N) is 13. The highest BCUT2D eigenvalue weighted by atomic mass is 32.1. The van der Waals surface area contributed by atoms with E-state index in [0.717, 1.165) is 5.56 Å². The van der Waals surface area contributed by atoms with Crippen molar-refractivity contribution in [1.82, 2.24) is 69.1 Å². The van der Waals surface area contributed by atoms with Crippen molar-refractivity contribution in [2.24, 2.45) is 29.0 Å². The van der Waals surface area contributed by atoms with Gasteiger partial charge in [0.25, 0.3) is 0 Å². The summed E-state index contributed by atoms with van der Waals surface area (Å²) in [6.45, 7) is 6.62. The first-order chi connectivity index (χ1) is 61.7. The van der Waals surface area contributed by atoms with Crippen LogP contribution in [0.25, 0.3) is 0 Å². The Hall–Kier alpha value is -13.9. The lowest BCUT2D eigenvalue weighted by molar-refractivity contribution is -0.148. The number of hydrogen-bond donors (Lipinski definition) is 23. The topological polar surface area (TPSA) is 680 Å². The summed E-state index contributed by atoms with van der Waals surface area (Å²) >= 11 is 4.42. The molecule has 42 heteroatoms. The number of primary amides is 1. The van der Waals surface area contributed by atoms with Gasteiger partial charge >= 0.3 is 29.8 Å². The molecule has 0 aromatic heterocycles. The molecule has 0 unspecified atom stereocenters. The zero-order chi connectivity index (χ0) is 96.3. The largest absolute Gasteiger partial charge is 0.508 e. The maximum atomic E-state index is 15.2. The Labute approximate surface area is 754 Å². The number of carbonyl (C=O) groups excluding carboxylic acids is 14. The highest BCUT2D eigenvalue weighted by Crippen LogP contribution is 2.19. The van der Waals surface area contributed by atoms with Crippen LogP contribution in [-0.2, 0) is 123 Å². The van der Waals surface area contributed by atoms with Gasteiger partial charge in [-0.25, -0.2) is 4.79 Å². The monoisotopic (exact) mass is 1830 g/mol. The molecule has 0 spiro atoms. The number of amides is 14. The van der Waals surface area contributed by atoms with Crippen LogP contribution in [0.5, 0.6) is 5.75 Å². The van der Waals surface area contributed by atoms with Crippen LogP contribution in [0, 0.1) is 11.8 Å². The number of nitrogens with two attached hydrogens (primary N) is 3. The van der Waals surface area contributed by atoms with E-state index in [2.05, 4.69) is 71.1 Å². The molecule has 25 N–H and O–H groups in total. The predicted molar refractivity (Wildman–Crippen MR) is 471 cm³/mol. The van der Waals surface area contributed by atoms with Crippen molar-refractivity contribution < 1.29 is 122 Å². The lowest BCUT2D eigenvalue weighted by atomic mass is 9.96. The second kappa shape index (κ2) is 55.0. The van der Waals surface area contributed by atoms with Gasteiger partial charge in [-0.15, -0.1) is 0 Å². The number of carbonyl (C=O) groups is 19. The lowest BCUT2D eigenvalue weighted by Crippen LogP contribution is -2.62. The van der Waals surface area contributed by atoms with Crippen LogP contribution in [0.3, 0.4) is 0 Å². The fraction of sp³-hybridized carbons (Fsp3) is 0.443. The van der Waals surface area contributed by atoms with Crippen LogP contribution in [0.15, 0.2) is 146 Å². The summed E-state index contributed by atoms with van der Waals surface area (Å²) in [5, 5.41) is 89.8. The number of carboxylic acids is 5. The van der Waals surface area contributed by atoms with Gasteiger partial charge in [0.2, 0.25) is 82.7 Å². The number of phenolic OH excluding ortho intramolecular Hbond substituents is 1. The Morgan fingerprint density at radius 1 is 0.323 bits per heavy atom. The van der Waals surface area contributed by atoms with E-state index in [0.29, 0.717) is 28.7 Å². The molecule has 0 saturated heterocycles. The van der Waals surface area contributed by atoms with Crippen LogP contribution >= 0.6 is 12.6 Å². The van der Waals surface area contributed by atoms with E-state index in [9.17, 15) is 107 Å². The standard InChI is InChI=1S/C88H116N16O25S/c1-5-49(4)74(104-84(124)63(44-54-29-31-55(105)32-30-54)96-75(115)56(90)40-50-20-10-6-11-21-50)87(127)102-67(47-130)85(125)98-64(43-53-26-16-9-17-27-53)83(123)103-73(48(2)3)86(126)100-62(42-52-24-14-8-15-25-52)81(121)97-61(41-51-22-12-7-13-23-51)80(120)95-58(33-36-68(91)106)77(117)92-57(28-18-19-39-89)76(116)93-59(34-37-69(107)108)78(118)94-60(35-38-70(109)110)79(119)99-65(45-71(111)112)82(122)101-66(88(128)129)46-72(113)114/h6-17,20-27,29-32,48-49,56-67,73-74,105,130H,5,18-19,28,33-47,89-90H2,1-4H3,(H2,91,106)(H,92,117)(H,93,116)(H,94,118)(H,95,120)(H,96,115)(H,97,121)(H,98,125)(H,99,119)(H,100,126)(H,101,122)(H,102,127)(H,103,123)(H,104,124)(H,107,108)(H,109,110)(H,111,112)(H,113,114)(H,128,129)/t49-,56-,57-,58-,59-,60-,61-,62-,63-,64-,65-,66-,67-,73-,74-/m0/s1. The molecule has 5 rings (SSSR count). The van der Waals surface area contributed by atoms with E-state index in [1.165, 1.54) is 12.1 Å². The summed E-state index contributed by atoms with van der Waals surface area (Å²) in [6, 6.07) is 16.0. The lowest BCUT2D eigenvalue weighted by Gasteiger charge is -2.30. The van der Waals surface area contributed by atoms with Crippen molar-refractivity contribution in [3.63, 3.8) is 0 Å². The minimum absolute atomic E-state index is 0.0277. The van der Waals surface area contributed by atoms with Crippen molar-refractivity contribution in [1.29, 1.82) is 0 Å². The van der Waals surface area contributed by atoms with Gasteiger partial charge in [0.1, 0.15) is 84.3 Å². The van der Waals surface area contributed by atoms with Gasteiger partial charge in [0, 0.05) is 50.7 Å². The highest BCUT2D eigenvalue weighted by molar-refractivity contribution is 7.80. The molecule has 14 amide bonds. The van der Waals surface area contributed by atoms with Crippen LogP contribution < -0.4 is 86.3 Å². The van der Waals surface area contributed by atoms with E-state index in [1.54, 1.807) is 166 Å². The zero-order valence-electron chi connectivity index (χ0n) is 72.1. The third-order valence-corrected chi connectivity index (χ3v) is 21.1. The van der Waals surface area contributed by atoms with E-state index in [-0.39, 0.29) is 69.4 Å². The summed E-state index contributed by atoms with van der Waals surface area (Å²) in [4.78, 5) is 260. The normalized spacial score (nSPS) is 14.5. The third-order valence-electron chi connectivity index (χ3n) is 20.7. The van der Waals surface area contributed by atoms with Gasteiger partial charge in [-0.3, -0.25) is 86.3 Å². The first-order valence-electron chi connectivity index (χ1n) is 42.0. The van der Waals surface area contributed by atoms with Crippen molar-refractivity contribution in [2.75, 3.05) is 12.3 Å². The van der Waals surface area contributed by atoms with Crippen molar-refractivity contribution in [3.05, 3.63) is 173 Å². The summed E-state index contributed by atoms with van der Waals surface area (Å²) in [5.74, 6) is -25.3. The summed E-state index contributed by atoms with van der Waals surface area (Å²) in [5.41, 5.74) is 20.4. The fourth-order valence-corrected chi connectivity index (χ4v) is 13.5. The van der Waals surface area contributed by atoms with Crippen LogP contribution in [-0.4, -0.2) is 240 Å². The quantitative estimate of drug-likeness (QED) is 0.0153. The second-order valence-electron chi connectivity index (χ2n) is 31.4. The van der Waals surface area contributed by atoms with Crippen LogP contribution in [0.4, 0.5) is 0 Å². The number of phenols is 1. The molecule has 0 bridgehead atoms. The Morgan fingerprint density at radius 2 is 0.615 bits per heavy atom. The molecular weight excluding hydrogens is 1710 g/mol. The van der Waals surface area contributed by atoms with E-state index in [4.69, 9.17) is 17.2 Å². The molecule has 704 valence electrons. The summed E-state index contributed by atoms with van der Waals surface area (Å²) in [6.07, 6.45) is -7.67. The van der Waals surface area contributed by atoms with Crippen LogP contribution in [0.2, 0.25) is 0 Å². The Kier molecular flexibility index (Phi) is 45.1. The molecule has 130 heavy (non-hydrogen) atoms. The summed E-state index contributed by atoms with van der Waals surface area (Å²) < 4.78 is 0. The fourth-order valence-electron chi connectivity index (χ4n) is 13.3. The number of aromatic hydroxyl groups is 1.